The SMILES string of the molecule is CC1CCC2(CC2C)C1C. The molecule has 58 valence electrons. The minimum Gasteiger partial charge on any atom is -0.0622 e. The normalized spacial score (nSPS) is 59.7. The van der Waals surface area contributed by atoms with E-state index in [0.29, 0.717) is 0 Å². The lowest BCUT2D eigenvalue weighted by molar-refractivity contribution is 0.316. The van der Waals surface area contributed by atoms with Crippen LogP contribution in [-0.2, 0) is 0 Å². The van der Waals surface area contributed by atoms with Gasteiger partial charge in [0.25, 0.3) is 0 Å². The monoisotopic (exact) mass is 138 g/mol. The molecule has 2 aliphatic rings. The Bertz CT molecular complexity index is 150. The first-order valence-corrected chi connectivity index (χ1v) is 4.67. The molecule has 0 N–H and O–H groups in total. The van der Waals surface area contributed by atoms with Crippen molar-refractivity contribution in [2.45, 2.75) is 40.0 Å². The van der Waals surface area contributed by atoms with Crippen LogP contribution in [-0.4, -0.2) is 0 Å². The van der Waals surface area contributed by atoms with Gasteiger partial charge in [-0.05, 0) is 42.4 Å². The first kappa shape index (κ1) is 6.69. The van der Waals surface area contributed by atoms with Gasteiger partial charge in [0, 0.05) is 0 Å². The average molecular weight is 138 g/mol. The lowest BCUT2D eigenvalue weighted by Crippen LogP contribution is -2.10. The molecular formula is C10H18. The van der Waals surface area contributed by atoms with Crippen molar-refractivity contribution in [2.75, 3.05) is 0 Å². The molecule has 0 aromatic heterocycles. The van der Waals surface area contributed by atoms with E-state index >= 15 is 0 Å². The summed E-state index contributed by atoms with van der Waals surface area (Å²) < 4.78 is 0. The molecule has 0 heterocycles. The molecule has 0 saturated heterocycles. The van der Waals surface area contributed by atoms with Crippen LogP contribution in [0.1, 0.15) is 40.0 Å². The van der Waals surface area contributed by atoms with E-state index in [0.717, 1.165) is 23.2 Å². The van der Waals surface area contributed by atoms with Crippen LogP contribution in [0.2, 0.25) is 0 Å². The highest BCUT2D eigenvalue weighted by Crippen LogP contribution is 2.66. The van der Waals surface area contributed by atoms with Gasteiger partial charge in [0.1, 0.15) is 0 Å². The minimum atomic E-state index is 0.833. The summed E-state index contributed by atoms with van der Waals surface area (Å²) in [5.74, 6) is 3.07. The predicted octanol–water partition coefficient (Wildman–Crippen LogP) is 3.08. The predicted molar refractivity (Wildman–Crippen MR) is 43.8 cm³/mol. The Hall–Kier alpha value is 0. The fraction of sp³-hybridized carbons (Fsp3) is 1.00. The van der Waals surface area contributed by atoms with E-state index in [1.807, 2.05) is 0 Å². The Morgan fingerprint density at radius 3 is 2.00 bits per heavy atom. The topological polar surface area (TPSA) is 0 Å². The zero-order valence-corrected chi connectivity index (χ0v) is 7.35. The Morgan fingerprint density at radius 1 is 1.20 bits per heavy atom. The summed E-state index contributed by atoms with van der Waals surface area (Å²) >= 11 is 0. The third-order valence-corrected chi connectivity index (χ3v) is 4.33. The first-order valence-electron chi connectivity index (χ1n) is 4.67. The van der Waals surface area contributed by atoms with Gasteiger partial charge < -0.3 is 0 Å². The second kappa shape index (κ2) is 1.78. The van der Waals surface area contributed by atoms with Gasteiger partial charge in [-0.1, -0.05) is 20.8 Å². The molecule has 1 spiro atoms. The Balaban J connectivity index is 2.13. The molecule has 0 aromatic rings. The maximum Gasteiger partial charge on any atom is -0.0241 e. The molecule has 2 saturated carbocycles. The Kier molecular flexibility index (Phi) is 1.19. The minimum absolute atomic E-state index is 0.833. The number of hydrogen-bond acceptors (Lipinski definition) is 0. The lowest BCUT2D eigenvalue weighted by atomic mass is 9.88. The van der Waals surface area contributed by atoms with Crippen molar-refractivity contribution in [1.29, 1.82) is 0 Å². The van der Waals surface area contributed by atoms with Crippen LogP contribution >= 0.6 is 0 Å². The van der Waals surface area contributed by atoms with Crippen molar-refractivity contribution in [3.05, 3.63) is 0 Å². The van der Waals surface area contributed by atoms with Crippen LogP contribution in [0.15, 0.2) is 0 Å². The van der Waals surface area contributed by atoms with Gasteiger partial charge in [-0.3, -0.25) is 0 Å². The second-order valence-electron chi connectivity index (χ2n) is 4.64. The summed E-state index contributed by atoms with van der Waals surface area (Å²) in [5.41, 5.74) is 0.833. The Labute approximate surface area is 64.0 Å². The summed E-state index contributed by atoms with van der Waals surface area (Å²) in [4.78, 5) is 0. The van der Waals surface area contributed by atoms with Gasteiger partial charge in [0.2, 0.25) is 0 Å². The van der Waals surface area contributed by atoms with Crippen molar-refractivity contribution in [2.24, 2.45) is 23.2 Å². The number of rotatable bonds is 0. The van der Waals surface area contributed by atoms with Crippen molar-refractivity contribution >= 4 is 0 Å². The quantitative estimate of drug-likeness (QED) is 0.482. The number of hydrogen-bond donors (Lipinski definition) is 0. The van der Waals surface area contributed by atoms with Crippen LogP contribution in [0.4, 0.5) is 0 Å². The van der Waals surface area contributed by atoms with Crippen LogP contribution in [0.3, 0.4) is 0 Å². The molecule has 0 aliphatic heterocycles. The van der Waals surface area contributed by atoms with E-state index < -0.39 is 0 Å². The fourth-order valence-electron chi connectivity index (χ4n) is 3.03. The van der Waals surface area contributed by atoms with E-state index in [4.69, 9.17) is 0 Å². The lowest BCUT2D eigenvalue weighted by Gasteiger charge is -2.17. The van der Waals surface area contributed by atoms with Gasteiger partial charge in [0.05, 0.1) is 0 Å². The highest BCUT2D eigenvalue weighted by molar-refractivity contribution is 5.07. The molecule has 10 heavy (non-hydrogen) atoms. The van der Waals surface area contributed by atoms with Gasteiger partial charge in [0.15, 0.2) is 0 Å². The molecule has 4 atom stereocenters. The third-order valence-electron chi connectivity index (χ3n) is 4.33. The maximum atomic E-state index is 2.46. The molecule has 4 unspecified atom stereocenters. The summed E-state index contributed by atoms with van der Waals surface area (Å²) in [5, 5.41) is 0. The summed E-state index contributed by atoms with van der Waals surface area (Å²) in [7, 11) is 0. The highest BCUT2D eigenvalue weighted by Gasteiger charge is 2.58. The molecule has 2 aliphatic carbocycles. The summed E-state index contributed by atoms with van der Waals surface area (Å²) in [6, 6.07) is 0. The zero-order valence-electron chi connectivity index (χ0n) is 7.35. The first-order chi connectivity index (χ1) is 4.67. The third kappa shape index (κ3) is 0.627. The molecule has 0 amide bonds. The summed E-state index contributed by atoms with van der Waals surface area (Å²) in [6.07, 6.45) is 4.54. The van der Waals surface area contributed by atoms with Crippen molar-refractivity contribution in [3.8, 4) is 0 Å². The Morgan fingerprint density at radius 2 is 1.80 bits per heavy atom. The van der Waals surface area contributed by atoms with Crippen LogP contribution < -0.4 is 0 Å². The molecular weight excluding hydrogens is 120 g/mol. The smallest absolute Gasteiger partial charge is 0.0241 e. The van der Waals surface area contributed by atoms with Crippen molar-refractivity contribution < 1.29 is 0 Å². The molecule has 0 heteroatoms. The largest absolute Gasteiger partial charge is 0.0622 e. The summed E-state index contributed by atoms with van der Waals surface area (Å²) in [6.45, 7) is 7.31. The second-order valence-corrected chi connectivity index (χ2v) is 4.64. The van der Waals surface area contributed by atoms with Crippen molar-refractivity contribution in [1.82, 2.24) is 0 Å². The van der Waals surface area contributed by atoms with Gasteiger partial charge in [-0.15, -0.1) is 0 Å². The molecule has 0 nitrogen and oxygen atoms in total. The zero-order chi connectivity index (χ0) is 7.35. The fourth-order valence-corrected chi connectivity index (χ4v) is 3.03. The molecule has 0 bridgehead atoms. The standard InChI is InChI=1S/C10H18/c1-7-4-5-10(9(7)3)6-8(10)2/h7-9H,4-6H2,1-3H3. The molecule has 2 rings (SSSR count). The molecule has 0 aromatic carbocycles. The van der Waals surface area contributed by atoms with Crippen LogP contribution in [0, 0.1) is 23.2 Å². The molecule has 0 radical (unpaired) electrons. The molecule has 2 fully saturated rings. The van der Waals surface area contributed by atoms with E-state index in [2.05, 4.69) is 20.8 Å². The highest BCUT2D eigenvalue weighted by atomic mass is 14.6. The average Bonchev–Trinajstić information content (AvgIpc) is 2.48. The van der Waals surface area contributed by atoms with E-state index in [9.17, 15) is 0 Å². The maximum absolute atomic E-state index is 2.46. The van der Waals surface area contributed by atoms with Crippen molar-refractivity contribution in [3.63, 3.8) is 0 Å². The van der Waals surface area contributed by atoms with Gasteiger partial charge in [-0.25, -0.2) is 0 Å². The van der Waals surface area contributed by atoms with E-state index in [1.165, 1.54) is 19.3 Å². The van der Waals surface area contributed by atoms with E-state index in [-0.39, 0.29) is 0 Å². The van der Waals surface area contributed by atoms with Gasteiger partial charge >= 0.3 is 0 Å². The van der Waals surface area contributed by atoms with Crippen LogP contribution in [0.5, 0.6) is 0 Å². The van der Waals surface area contributed by atoms with Gasteiger partial charge in [-0.2, -0.15) is 0 Å². The van der Waals surface area contributed by atoms with Crippen LogP contribution in [0.25, 0.3) is 0 Å². The van der Waals surface area contributed by atoms with E-state index in [1.54, 1.807) is 0 Å².